The molecule has 13 N–H and O–H groups in total. The highest BCUT2D eigenvalue weighted by atomic mass is 16.8. The lowest BCUT2D eigenvalue weighted by Gasteiger charge is -2.50. The van der Waals surface area contributed by atoms with Crippen LogP contribution in [0.2, 0.25) is 0 Å². The lowest BCUT2D eigenvalue weighted by atomic mass is 9.88. The number of hydrogen-bond acceptors (Lipinski definition) is 18. The van der Waals surface area contributed by atoms with Crippen LogP contribution in [0.4, 0.5) is 0 Å². The molecule has 46 heavy (non-hydrogen) atoms. The second-order valence-corrected chi connectivity index (χ2v) is 11.2. The average Bonchev–Trinajstić information content (AvgIpc) is 2.99. The number of carbonyl (C=O) groups excluding carboxylic acids is 2. The monoisotopic (exact) mass is 674 g/mol. The third-order valence-corrected chi connectivity index (χ3v) is 7.87. The normalized spacial score (nSPS) is 42.9. The van der Waals surface area contributed by atoms with Gasteiger partial charge in [-0.1, -0.05) is 0 Å². The highest BCUT2D eigenvalue weighted by Crippen LogP contribution is 2.38. The highest BCUT2D eigenvalue weighted by Gasteiger charge is 2.60. The number of aliphatic hydroxyl groups excluding tert-OH is 10. The van der Waals surface area contributed by atoms with Gasteiger partial charge in [-0.05, 0) is 0 Å². The number of aliphatic carboxylic acids is 1. The van der Waals surface area contributed by atoms with Gasteiger partial charge in [-0.15, -0.1) is 0 Å². The largest absolute Gasteiger partial charge is 0.477 e. The molecule has 0 spiro atoms. The summed E-state index contributed by atoms with van der Waals surface area (Å²) < 4.78 is 27.4. The minimum atomic E-state index is -3.04. The van der Waals surface area contributed by atoms with E-state index >= 15 is 0 Å². The van der Waals surface area contributed by atoms with E-state index in [1.807, 2.05) is 0 Å². The molecule has 3 rings (SSSR count). The fourth-order valence-electron chi connectivity index (χ4n) is 5.57. The zero-order valence-corrected chi connectivity index (χ0v) is 24.7. The number of carboxylic acid groups (broad SMARTS) is 1. The number of carbonyl (C=O) groups is 3. The summed E-state index contributed by atoms with van der Waals surface area (Å²) in [6.07, 6.45) is -25.7. The van der Waals surface area contributed by atoms with Gasteiger partial charge in [0.25, 0.3) is 5.79 Å². The standard InChI is InChI=1S/C25H42N2O19/c1-7(31)26-13-9(33)3-25(24(40)41,45-20(13)15(35)10(34)4-28)46-21-16(36)11(5-29)43-23(18(21)38)44-19-12(6-30)42-22(39)14(17(19)37)27-8(2)32/h9-23,28-30,33-39H,3-6H2,1-2H3,(H,26,31)(H,27,32)(H,40,41)/t9-,10+,11+,12+,13+,14+,15+,16-,17+,18+,19+,20+,21-,22-,23-,25+/m0/s1. The van der Waals surface area contributed by atoms with E-state index in [2.05, 4.69) is 10.6 Å². The molecule has 0 aromatic rings. The van der Waals surface area contributed by atoms with Crippen molar-refractivity contribution < 1.29 is 94.2 Å². The van der Waals surface area contributed by atoms with E-state index in [4.69, 9.17) is 23.7 Å². The smallest absolute Gasteiger partial charge is 0.364 e. The van der Waals surface area contributed by atoms with Crippen molar-refractivity contribution in [3.05, 3.63) is 0 Å². The molecule has 266 valence electrons. The Labute approximate surface area is 260 Å². The molecule has 16 atom stereocenters. The summed E-state index contributed by atoms with van der Waals surface area (Å²) in [6.45, 7) is -0.789. The lowest BCUT2D eigenvalue weighted by Crippen LogP contribution is -2.71. The zero-order valence-electron chi connectivity index (χ0n) is 24.7. The Morgan fingerprint density at radius 3 is 1.96 bits per heavy atom. The van der Waals surface area contributed by atoms with Crippen molar-refractivity contribution >= 4 is 17.8 Å². The van der Waals surface area contributed by atoms with Gasteiger partial charge in [-0.25, -0.2) is 4.79 Å². The SMILES string of the molecule is CC(=O)N[C@@H]1[C@@H](O)[C@H](O[C@@H]2O[C@H](CO)[C@H](O)[C@H](O[C@@]3(C(=O)O)C[C@H](O)[C@@H](NC(C)=O)[C@H]([C@H](O)[C@H](O)CO)O3)[C@H]2O)[C@@H](CO)O[C@@H]1O. The van der Waals surface area contributed by atoms with E-state index in [1.165, 1.54) is 0 Å². The molecule has 3 fully saturated rings. The molecule has 3 heterocycles. The first-order valence-electron chi connectivity index (χ1n) is 14.2. The Morgan fingerprint density at radius 2 is 1.43 bits per heavy atom. The Balaban J connectivity index is 1.95. The molecule has 0 aromatic heterocycles. The quantitative estimate of drug-likeness (QED) is 0.0913. The predicted octanol–water partition coefficient (Wildman–Crippen LogP) is -8.08. The minimum Gasteiger partial charge on any atom is -0.477 e. The maximum absolute atomic E-state index is 12.6. The maximum Gasteiger partial charge on any atom is 0.364 e. The number of aliphatic hydroxyl groups is 10. The summed E-state index contributed by atoms with van der Waals surface area (Å²) in [5, 5.41) is 118. The van der Waals surface area contributed by atoms with E-state index in [9.17, 15) is 70.6 Å². The first kappa shape index (κ1) is 38.3. The number of amides is 2. The first-order valence-corrected chi connectivity index (χ1v) is 14.2. The van der Waals surface area contributed by atoms with Gasteiger partial charge < -0.3 is 90.5 Å². The van der Waals surface area contributed by atoms with Crippen LogP contribution in [0.3, 0.4) is 0 Å². The average molecular weight is 675 g/mol. The van der Waals surface area contributed by atoms with Crippen molar-refractivity contribution in [2.45, 2.75) is 118 Å². The van der Waals surface area contributed by atoms with Crippen LogP contribution in [-0.4, -0.2) is 191 Å². The molecule has 3 aliphatic heterocycles. The Kier molecular flexibility index (Phi) is 13.1. The summed E-state index contributed by atoms with van der Waals surface area (Å²) in [5.41, 5.74) is 0. The van der Waals surface area contributed by atoms with Crippen LogP contribution in [0.5, 0.6) is 0 Å². The fraction of sp³-hybridized carbons (Fsp3) is 0.880. The molecule has 21 nitrogen and oxygen atoms in total. The van der Waals surface area contributed by atoms with Crippen molar-refractivity contribution in [3.63, 3.8) is 0 Å². The van der Waals surface area contributed by atoms with Crippen LogP contribution >= 0.6 is 0 Å². The number of hydrogen-bond donors (Lipinski definition) is 13. The third kappa shape index (κ3) is 8.08. The van der Waals surface area contributed by atoms with E-state index < -0.39 is 142 Å². The summed E-state index contributed by atoms with van der Waals surface area (Å²) in [7, 11) is 0. The molecule has 21 heteroatoms. The second kappa shape index (κ2) is 15.8. The van der Waals surface area contributed by atoms with Gasteiger partial charge in [0.15, 0.2) is 12.6 Å². The van der Waals surface area contributed by atoms with Gasteiger partial charge >= 0.3 is 5.97 Å². The Bertz CT molecular complexity index is 1050. The van der Waals surface area contributed by atoms with Crippen molar-refractivity contribution in [2.24, 2.45) is 0 Å². The molecule has 0 saturated carbocycles. The molecule has 3 saturated heterocycles. The summed E-state index contributed by atoms with van der Waals surface area (Å²) in [4.78, 5) is 36.0. The molecule has 0 aromatic carbocycles. The second-order valence-electron chi connectivity index (χ2n) is 11.2. The van der Waals surface area contributed by atoms with Gasteiger partial charge in [0.05, 0.1) is 32.0 Å². The summed E-state index contributed by atoms with van der Waals surface area (Å²) in [5.74, 6) is -6.46. The van der Waals surface area contributed by atoms with Crippen LogP contribution in [0.1, 0.15) is 20.3 Å². The molecule has 0 radical (unpaired) electrons. The molecule has 0 aliphatic carbocycles. The molecule has 0 unspecified atom stereocenters. The van der Waals surface area contributed by atoms with Crippen LogP contribution in [-0.2, 0) is 38.1 Å². The fourth-order valence-corrected chi connectivity index (χ4v) is 5.57. The van der Waals surface area contributed by atoms with Crippen molar-refractivity contribution in [3.8, 4) is 0 Å². The minimum absolute atomic E-state index is 0.692. The number of ether oxygens (including phenoxy) is 5. The molecule has 2 amide bonds. The highest BCUT2D eigenvalue weighted by molar-refractivity contribution is 5.76. The van der Waals surface area contributed by atoms with Gasteiger partial charge in [0.1, 0.15) is 67.1 Å². The lowest BCUT2D eigenvalue weighted by molar-refractivity contribution is -0.382. The van der Waals surface area contributed by atoms with Crippen LogP contribution < -0.4 is 10.6 Å². The van der Waals surface area contributed by atoms with Gasteiger partial charge in [-0.3, -0.25) is 9.59 Å². The first-order chi connectivity index (χ1) is 21.5. The van der Waals surface area contributed by atoms with Crippen molar-refractivity contribution in [1.82, 2.24) is 10.6 Å². The number of carboxylic acids is 1. The number of nitrogens with one attached hydrogen (secondary N) is 2. The van der Waals surface area contributed by atoms with Crippen LogP contribution in [0, 0.1) is 0 Å². The Morgan fingerprint density at radius 1 is 0.848 bits per heavy atom. The third-order valence-electron chi connectivity index (χ3n) is 7.87. The van der Waals surface area contributed by atoms with Crippen LogP contribution in [0.15, 0.2) is 0 Å². The summed E-state index contributed by atoms with van der Waals surface area (Å²) in [6, 6.07) is -3.05. The van der Waals surface area contributed by atoms with E-state index in [1.54, 1.807) is 0 Å². The molecule has 3 aliphatic rings. The molecular formula is C25H42N2O19. The van der Waals surface area contributed by atoms with Crippen molar-refractivity contribution in [1.29, 1.82) is 0 Å². The van der Waals surface area contributed by atoms with Crippen LogP contribution in [0.25, 0.3) is 0 Å². The zero-order chi connectivity index (χ0) is 34.7. The van der Waals surface area contributed by atoms with Crippen molar-refractivity contribution in [2.75, 3.05) is 19.8 Å². The number of rotatable bonds is 12. The van der Waals surface area contributed by atoms with E-state index in [-0.39, 0.29) is 0 Å². The van der Waals surface area contributed by atoms with Gasteiger partial charge in [0.2, 0.25) is 11.8 Å². The van der Waals surface area contributed by atoms with Gasteiger partial charge in [-0.2, -0.15) is 0 Å². The predicted molar refractivity (Wildman–Crippen MR) is 142 cm³/mol. The Hall–Kier alpha value is -2.19. The van der Waals surface area contributed by atoms with E-state index in [0.717, 1.165) is 13.8 Å². The molecule has 0 bridgehead atoms. The molecular weight excluding hydrogens is 632 g/mol. The maximum atomic E-state index is 12.6. The summed E-state index contributed by atoms with van der Waals surface area (Å²) >= 11 is 0. The topological polar surface area (TPSA) is 344 Å². The van der Waals surface area contributed by atoms with Gasteiger partial charge in [0, 0.05) is 20.3 Å². The van der Waals surface area contributed by atoms with E-state index in [0.29, 0.717) is 0 Å².